The number of hydrogen-bond donors (Lipinski definition) is 0. The number of hydrogen-bond acceptors (Lipinski definition) is 2. The molecule has 7 heteroatoms. The number of amides is 1. The van der Waals surface area contributed by atoms with Gasteiger partial charge in [-0.2, -0.15) is 18.3 Å². The number of alkyl halides is 3. The van der Waals surface area contributed by atoms with Gasteiger partial charge in [0.1, 0.15) is 0 Å². The van der Waals surface area contributed by atoms with Crippen LogP contribution in [-0.4, -0.2) is 39.4 Å². The van der Waals surface area contributed by atoms with Crippen LogP contribution in [0.3, 0.4) is 0 Å². The van der Waals surface area contributed by atoms with E-state index < -0.39 is 18.0 Å². The fraction of sp³-hybridized carbons (Fsp3) is 0.750. The molecule has 1 aromatic rings. The van der Waals surface area contributed by atoms with Gasteiger partial charge < -0.3 is 4.90 Å². The van der Waals surface area contributed by atoms with Crippen LogP contribution >= 0.6 is 0 Å². The Labute approximate surface area is 133 Å². The zero-order valence-electron chi connectivity index (χ0n) is 13.0. The lowest BCUT2D eigenvalue weighted by molar-refractivity contribution is -0.201. The minimum Gasteiger partial charge on any atom is -0.338 e. The summed E-state index contributed by atoms with van der Waals surface area (Å²) in [5, 5.41) is 4.14. The van der Waals surface area contributed by atoms with E-state index in [0.717, 1.165) is 12.8 Å². The predicted molar refractivity (Wildman–Crippen MR) is 78.5 cm³/mol. The van der Waals surface area contributed by atoms with Crippen molar-refractivity contribution in [3.63, 3.8) is 0 Å². The molecule has 0 N–H and O–H groups in total. The molecular formula is C16H22F3N3O. The molecule has 3 rings (SSSR count). The van der Waals surface area contributed by atoms with Gasteiger partial charge in [0.2, 0.25) is 5.91 Å². The highest BCUT2D eigenvalue weighted by molar-refractivity contribution is 5.80. The Hall–Kier alpha value is -1.53. The molecule has 0 unspecified atom stereocenters. The Balaban J connectivity index is 1.72. The van der Waals surface area contributed by atoms with Crippen LogP contribution in [0.2, 0.25) is 0 Å². The topological polar surface area (TPSA) is 38.1 Å². The van der Waals surface area contributed by atoms with Crippen LogP contribution in [0, 0.1) is 11.8 Å². The van der Waals surface area contributed by atoms with Crippen molar-refractivity contribution in [3.05, 3.63) is 18.5 Å². The maximum absolute atomic E-state index is 13.3. The van der Waals surface area contributed by atoms with Crippen molar-refractivity contribution in [1.82, 2.24) is 14.7 Å². The van der Waals surface area contributed by atoms with Crippen molar-refractivity contribution in [2.24, 2.45) is 11.8 Å². The van der Waals surface area contributed by atoms with E-state index >= 15 is 0 Å². The average molecular weight is 329 g/mol. The van der Waals surface area contributed by atoms with Crippen LogP contribution in [0.1, 0.15) is 38.5 Å². The molecule has 128 valence electrons. The largest absolute Gasteiger partial charge is 0.392 e. The number of likely N-dealkylation sites (tertiary alicyclic amines) is 1. The minimum absolute atomic E-state index is 0.0433. The molecular weight excluding hydrogens is 307 g/mol. The van der Waals surface area contributed by atoms with Crippen LogP contribution in [0.25, 0.3) is 0 Å². The summed E-state index contributed by atoms with van der Waals surface area (Å²) in [5.74, 6) is -2.68. The zero-order valence-corrected chi connectivity index (χ0v) is 13.0. The molecule has 1 aromatic heterocycles. The Morgan fingerprint density at radius 3 is 2.65 bits per heavy atom. The second-order valence-corrected chi connectivity index (χ2v) is 6.59. The maximum atomic E-state index is 13.3. The predicted octanol–water partition coefficient (Wildman–Crippen LogP) is 3.24. The lowest BCUT2D eigenvalue weighted by atomic mass is 9.78. The molecule has 0 radical (unpaired) electrons. The molecule has 1 saturated heterocycles. The Bertz CT molecular complexity index is 529. The highest BCUT2D eigenvalue weighted by Gasteiger charge is 2.49. The SMILES string of the molecule is O=C([C@@H]1CCCC[C@H]1C(F)(F)F)N1CCC[C@@H]1Cn1cccn1. The van der Waals surface area contributed by atoms with Crippen LogP contribution < -0.4 is 0 Å². The first-order valence-electron chi connectivity index (χ1n) is 8.31. The van der Waals surface area contributed by atoms with Crippen molar-refractivity contribution in [2.45, 2.75) is 57.3 Å². The number of halogens is 3. The standard InChI is InChI=1S/C16H22F3N3O/c17-16(18,19)14-7-2-1-6-13(14)15(23)22-10-3-5-12(22)11-21-9-4-8-20-21/h4,8-9,12-14H,1-3,5-7,10-11H2/t12-,13-,14-/m1/s1. The lowest BCUT2D eigenvalue weighted by Crippen LogP contribution is -2.47. The summed E-state index contributed by atoms with van der Waals surface area (Å²) >= 11 is 0. The third-order valence-electron chi connectivity index (χ3n) is 5.12. The third kappa shape index (κ3) is 3.53. The Kier molecular flexibility index (Phi) is 4.64. The van der Waals surface area contributed by atoms with E-state index in [1.165, 1.54) is 0 Å². The molecule has 4 nitrogen and oxygen atoms in total. The first kappa shape index (κ1) is 16.3. The summed E-state index contributed by atoms with van der Waals surface area (Å²) < 4.78 is 41.5. The van der Waals surface area contributed by atoms with Crippen molar-refractivity contribution < 1.29 is 18.0 Å². The van der Waals surface area contributed by atoms with Crippen molar-refractivity contribution >= 4 is 5.91 Å². The van der Waals surface area contributed by atoms with Gasteiger partial charge in [-0.05, 0) is 31.7 Å². The first-order valence-corrected chi connectivity index (χ1v) is 8.31. The van der Waals surface area contributed by atoms with Crippen LogP contribution in [-0.2, 0) is 11.3 Å². The van der Waals surface area contributed by atoms with Crippen LogP contribution in [0.4, 0.5) is 13.2 Å². The van der Waals surface area contributed by atoms with Gasteiger partial charge in [0.05, 0.1) is 18.5 Å². The molecule has 2 heterocycles. The van der Waals surface area contributed by atoms with E-state index in [1.807, 2.05) is 12.3 Å². The van der Waals surface area contributed by atoms with Gasteiger partial charge >= 0.3 is 6.18 Å². The van der Waals surface area contributed by atoms with E-state index in [9.17, 15) is 18.0 Å². The van der Waals surface area contributed by atoms with E-state index in [2.05, 4.69) is 5.10 Å². The monoisotopic (exact) mass is 329 g/mol. The molecule has 1 aliphatic carbocycles. The molecule has 1 amide bonds. The van der Waals surface area contributed by atoms with Gasteiger partial charge in [-0.25, -0.2) is 0 Å². The van der Waals surface area contributed by atoms with Crippen LogP contribution in [0.15, 0.2) is 18.5 Å². The average Bonchev–Trinajstić information content (AvgIpc) is 3.18. The molecule has 0 spiro atoms. The number of carbonyl (C=O) groups excluding carboxylic acids is 1. The second-order valence-electron chi connectivity index (χ2n) is 6.59. The minimum atomic E-state index is -4.28. The fourth-order valence-electron chi connectivity index (χ4n) is 3.97. The Morgan fingerprint density at radius 2 is 1.96 bits per heavy atom. The maximum Gasteiger partial charge on any atom is 0.392 e. The molecule has 23 heavy (non-hydrogen) atoms. The van der Waals surface area contributed by atoms with Crippen molar-refractivity contribution in [1.29, 1.82) is 0 Å². The van der Waals surface area contributed by atoms with Gasteiger partial charge in [-0.3, -0.25) is 9.48 Å². The fourth-order valence-corrected chi connectivity index (χ4v) is 3.97. The molecule has 2 aliphatic rings. The van der Waals surface area contributed by atoms with Gasteiger partial charge in [-0.15, -0.1) is 0 Å². The molecule has 3 atom stereocenters. The van der Waals surface area contributed by atoms with E-state index in [1.54, 1.807) is 15.8 Å². The number of carbonyl (C=O) groups is 1. The van der Waals surface area contributed by atoms with Gasteiger partial charge in [0.15, 0.2) is 0 Å². The van der Waals surface area contributed by atoms with Gasteiger partial charge in [-0.1, -0.05) is 12.8 Å². The van der Waals surface area contributed by atoms with Crippen molar-refractivity contribution in [3.8, 4) is 0 Å². The highest BCUT2D eigenvalue weighted by Crippen LogP contribution is 2.42. The van der Waals surface area contributed by atoms with Crippen molar-refractivity contribution in [2.75, 3.05) is 6.54 Å². The van der Waals surface area contributed by atoms with E-state index in [-0.39, 0.29) is 18.4 Å². The Morgan fingerprint density at radius 1 is 1.17 bits per heavy atom. The normalized spacial score (nSPS) is 29.0. The number of nitrogens with zero attached hydrogens (tertiary/aromatic N) is 3. The summed E-state index contributed by atoms with van der Waals surface area (Å²) in [6.45, 7) is 1.12. The lowest BCUT2D eigenvalue weighted by Gasteiger charge is -2.36. The summed E-state index contributed by atoms with van der Waals surface area (Å²) in [4.78, 5) is 14.5. The number of aromatic nitrogens is 2. The third-order valence-corrected chi connectivity index (χ3v) is 5.12. The first-order chi connectivity index (χ1) is 11.0. The summed E-state index contributed by atoms with van der Waals surface area (Å²) in [6, 6.07) is 1.76. The molecule has 0 bridgehead atoms. The second kappa shape index (κ2) is 6.53. The highest BCUT2D eigenvalue weighted by atomic mass is 19.4. The zero-order chi connectivity index (χ0) is 16.4. The summed E-state index contributed by atoms with van der Waals surface area (Å²) in [5.41, 5.74) is 0. The van der Waals surface area contributed by atoms with Gasteiger partial charge in [0.25, 0.3) is 0 Å². The van der Waals surface area contributed by atoms with Gasteiger partial charge in [0, 0.05) is 24.9 Å². The molecule has 0 aromatic carbocycles. The van der Waals surface area contributed by atoms with E-state index in [4.69, 9.17) is 0 Å². The number of rotatable bonds is 3. The summed E-state index contributed by atoms with van der Waals surface area (Å²) in [7, 11) is 0. The quantitative estimate of drug-likeness (QED) is 0.854. The summed E-state index contributed by atoms with van der Waals surface area (Å²) in [6.07, 6.45) is 2.59. The van der Waals surface area contributed by atoms with E-state index in [0.29, 0.717) is 32.4 Å². The molecule has 2 fully saturated rings. The molecule has 1 aliphatic heterocycles. The van der Waals surface area contributed by atoms with Crippen LogP contribution in [0.5, 0.6) is 0 Å². The smallest absolute Gasteiger partial charge is 0.338 e. The molecule has 1 saturated carbocycles.